The fourth-order valence-corrected chi connectivity index (χ4v) is 5.04. The van der Waals surface area contributed by atoms with E-state index in [1.54, 1.807) is 0 Å². The number of ether oxygens (including phenoxy) is 1. The number of carbonyl (C=O) groups excluding carboxylic acids is 3. The van der Waals surface area contributed by atoms with Crippen LogP contribution in [-0.4, -0.2) is 73.1 Å². The molecule has 3 N–H and O–H groups in total. The van der Waals surface area contributed by atoms with E-state index in [0.717, 1.165) is 18.3 Å². The molecule has 0 spiro atoms. The highest BCUT2D eigenvalue weighted by Crippen LogP contribution is 2.44. The van der Waals surface area contributed by atoms with Crippen molar-refractivity contribution < 1.29 is 39.0 Å². The average Bonchev–Trinajstić information content (AvgIpc) is 3.23. The molecular formula is C15H12N4O8S2. The SMILES string of the molecule is CC(=O)ON=C(C(=O)O)c1csc(NC2C(=O)N3C4=C(CSC23)C(O)OC4=O)n1. The minimum absolute atomic E-state index is 0.0429. The van der Waals surface area contributed by atoms with E-state index < -0.39 is 47.2 Å². The minimum atomic E-state index is -1.44. The van der Waals surface area contributed by atoms with Gasteiger partial charge in [0.15, 0.2) is 5.13 Å². The monoisotopic (exact) mass is 440 g/mol. The van der Waals surface area contributed by atoms with Gasteiger partial charge in [0.25, 0.3) is 5.91 Å². The maximum absolute atomic E-state index is 12.5. The Bertz CT molecular complexity index is 1000. The second kappa shape index (κ2) is 7.13. The molecule has 1 aromatic rings. The van der Waals surface area contributed by atoms with Gasteiger partial charge in [-0.05, 0) is 0 Å². The highest BCUT2D eigenvalue weighted by atomic mass is 32.2. The molecule has 0 bridgehead atoms. The Balaban J connectivity index is 1.50. The van der Waals surface area contributed by atoms with Crippen molar-refractivity contribution in [2.75, 3.05) is 11.1 Å². The summed E-state index contributed by atoms with van der Waals surface area (Å²) in [6, 6.07) is -0.697. The second-order valence-corrected chi connectivity index (χ2v) is 7.99. The number of aliphatic hydroxyl groups is 1. The predicted molar refractivity (Wildman–Crippen MR) is 97.7 cm³/mol. The zero-order chi connectivity index (χ0) is 20.9. The van der Waals surface area contributed by atoms with Crippen molar-refractivity contribution in [3.05, 3.63) is 22.3 Å². The highest BCUT2D eigenvalue weighted by Gasteiger charge is 2.56. The maximum Gasteiger partial charge on any atom is 0.360 e. The Labute approximate surface area is 170 Å². The number of carboxylic acids is 1. The van der Waals surface area contributed by atoms with Crippen LogP contribution in [0.2, 0.25) is 0 Å². The lowest BCUT2D eigenvalue weighted by atomic mass is 10.0. The summed E-state index contributed by atoms with van der Waals surface area (Å²) >= 11 is 2.39. The fraction of sp³-hybridized carbons (Fsp3) is 0.333. The molecule has 3 aliphatic rings. The number of β-lactam (4-membered cyclic amide) rings is 1. The van der Waals surface area contributed by atoms with Gasteiger partial charge in [-0.2, -0.15) is 0 Å². The van der Waals surface area contributed by atoms with E-state index >= 15 is 0 Å². The number of aromatic nitrogens is 1. The number of aliphatic hydroxyl groups excluding tert-OH is 1. The third kappa shape index (κ3) is 3.24. The van der Waals surface area contributed by atoms with Gasteiger partial charge in [-0.25, -0.2) is 19.4 Å². The van der Waals surface area contributed by atoms with Crippen LogP contribution < -0.4 is 5.32 Å². The average molecular weight is 440 g/mol. The van der Waals surface area contributed by atoms with E-state index in [4.69, 9.17) is 4.74 Å². The molecule has 12 nitrogen and oxygen atoms in total. The first kappa shape index (κ1) is 19.4. The molecule has 1 aromatic heterocycles. The zero-order valence-electron chi connectivity index (χ0n) is 14.5. The molecule has 3 unspecified atom stereocenters. The number of hydrogen-bond donors (Lipinski definition) is 3. The smallest absolute Gasteiger partial charge is 0.360 e. The number of carbonyl (C=O) groups is 4. The van der Waals surface area contributed by atoms with Crippen LogP contribution in [-0.2, 0) is 28.8 Å². The molecule has 14 heteroatoms. The van der Waals surface area contributed by atoms with Gasteiger partial charge in [-0.1, -0.05) is 5.16 Å². The van der Waals surface area contributed by atoms with Crippen molar-refractivity contribution in [2.24, 2.45) is 5.16 Å². The molecule has 0 aromatic carbocycles. The zero-order valence-corrected chi connectivity index (χ0v) is 16.2. The Kier molecular flexibility index (Phi) is 4.76. The lowest BCUT2D eigenvalue weighted by Crippen LogP contribution is -2.67. The summed E-state index contributed by atoms with van der Waals surface area (Å²) in [4.78, 5) is 56.3. The number of fused-ring (bicyclic) bond motifs is 2. The summed E-state index contributed by atoms with van der Waals surface area (Å²) < 4.78 is 4.75. The highest BCUT2D eigenvalue weighted by molar-refractivity contribution is 8.00. The van der Waals surface area contributed by atoms with Crippen LogP contribution in [0.15, 0.2) is 21.8 Å². The quantitative estimate of drug-likeness (QED) is 0.174. The number of rotatable bonds is 5. The summed E-state index contributed by atoms with van der Waals surface area (Å²) in [5, 5.41) is 26.4. The number of anilines is 1. The summed E-state index contributed by atoms with van der Waals surface area (Å²) in [7, 11) is 0. The van der Waals surface area contributed by atoms with Crippen molar-refractivity contribution >= 4 is 57.8 Å². The van der Waals surface area contributed by atoms with Crippen LogP contribution in [0.4, 0.5) is 5.13 Å². The molecule has 4 rings (SSSR count). The van der Waals surface area contributed by atoms with E-state index in [0.29, 0.717) is 11.3 Å². The van der Waals surface area contributed by atoms with Crippen molar-refractivity contribution in [3.8, 4) is 0 Å². The minimum Gasteiger partial charge on any atom is -0.476 e. The van der Waals surface area contributed by atoms with Gasteiger partial charge in [0, 0.05) is 23.6 Å². The number of thioether (sulfide) groups is 1. The summed E-state index contributed by atoms with van der Waals surface area (Å²) in [6.07, 6.45) is -1.33. The molecule has 1 fully saturated rings. The lowest BCUT2D eigenvalue weighted by Gasteiger charge is -2.48. The van der Waals surface area contributed by atoms with Crippen LogP contribution in [0.3, 0.4) is 0 Å². The predicted octanol–water partition coefficient (Wildman–Crippen LogP) is -0.680. The van der Waals surface area contributed by atoms with Gasteiger partial charge in [0.2, 0.25) is 12.0 Å². The lowest BCUT2D eigenvalue weighted by molar-refractivity contribution is -0.156. The number of nitrogens with one attached hydrogen (secondary N) is 1. The van der Waals surface area contributed by atoms with Crippen LogP contribution in [0, 0.1) is 0 Å². The number of thiazole rings is 1. The molecule has 1 saturated heterocycles. The molecule has 3 atom stereocenters. The summed E-state index contributed by atoms with van der Waals surface area (Å²) in [5.74, 6) is -3.03. The van der Waals surface area contributed by atoms with Crippen molar-refractivity contribution in [3.63, 3.8) is 0 Å². The van der Waals surface area contributed by atoms with Gasteiger partial charge >= 0.3 is 17.9 Å². The van der Waals surface area contributed by atoms with Crippen molar-refractivity contribution in [2.45, 2.75) is 24.6 Å². The first-order valence-electron chi connectivity index (χ1n) is 8.06. The summed E-state index contributed by atoms with van der Waals surface area (Å²) in [5.41, 5.74) is -0.160. The second-order valence-electron chi connectivity index (χ2n) is 6.03. The van der Waals surface area contributed by atoms with Gasteiger partial charge in [0.1, 0.15) is 22.8 Å². The van der Waals surface area contributed by atoms with E-state index in [1.165, 1.54) is 22.0 Å². The first-order chi connectivity index (χ1) is 13.8. The molecule has 0 aliphatic carbocycles. The van der Waals surface area contributed by atoms with E-state index in [1.807, 2.05) is 0 Å². The number of amides is 1. The van der Waals surface area contributed by atoms with Crippen molar-refractivity contribution in [1.29, 1.82) is 0 Å². The van der Waals surface area contributed by atoms with Gasteiger partial charge in [-0.3, -0.25) is 9.69 Å². The van der Waals surface area contributed by atoms with Crippen molar-refractivity contribution in [1.82, 2.24) is 9.88 Å². The Morgan fingerprint density at radius 2 is 2.21 bits per heavy atom. The fourth-order valence-electron chi connectivity index (χ4n) is 2.94. The van der Waals surface area contributed by atoms with Crippen LogP contribution >= 0.6 is 23.1 Å². The number of carboxylic acid groups (broad SMARTS) is 1. The number of nitrogens with zero attached hydrogens (tertiary/aromatic N) is 3. The molecule has 29 heavy (non-hydrogen) atoms. The van der Waals surface area contributed by atoms with Gasteiger partial charge < -0.3 is 25.1 Å². The molecule has 0 saturated carbocycles. The van der Waals surface area contributed by atoms with Gasteiger partial charge in [0.05, 0.1) is 0 Å². The first-order valence-corrected chi connectivity index (χ1v) is 9.99. The molecule has 1 amide bonds. The van der Waals surface area contributed by atoms with E-state index in [2.05, 4.69) is 20.3 Å². The number of aliphatic carboxylic acids is 1. The Hall–Kier alpha value is -2.97. The van der Waals surface area contributed by atoms with Crippen LogP contribution in [0.5, 0.6) is 0 Å². The number of hydrogen-bond acceptors (Lipinski definition) is 12. The standard InChI is InChI=1S/C15H12N4O8S2/c1-4(20)27-18-7(12(22)23)6-3-29-15(16-6)17-8-10(21)19-9-5(2-28-11(8)19)13(24)26-14(9)25/h3,8,11,13,24H,2H2,1H3,(H,16,17)(H,22,23). The molecular weight excluding hydrogens is 428 g/mol. The molecule has 3 aliphatic heterocycles. The third-order valence-corrected chi connectivity index (χ3v) is 6.28. The number of oxime groups is 1. The molecule has 152 valence electrons. The number of cyclic esters (lactones) is 1. The Morgan fingerprint density at radius 1 is 1.45 bits per heavy atom. The topological polar surface area (TPSA) is 168 Å². The van der Waals surface area contributed by atoms with E-state index in [9.17, 15) is 29.4 Å². The van der Waals surface area contributed by atoms with Crippen LogP contribution in [0.25, 0.3) is 0 Å². The van der Waals surface area contributed by atoms with E-state index in [-0.39, 0.29) is 16.5 Å². The van der Waals surface area contributed by atoms with Crippen LogP contribution in [0.1, 0.15) is 12.6 Å². The molecule has 4 heterocycles. The maximum atomic E-state index is 12.5. The van der Waals surface area contributed by atoms with Gasteiger partial charge in [-0.15, -0.1) is 23.1 Å². The Morgan fingerprint density at radius 3 is 2.90 bits per heavy atom. The largest absolute Gasteiger partial charge is 0.476 e. The molecule has 0 radical (unpaired) electrons. The summed E-state index contributed by atoms with van der Waals surface area (Å²) in [6.45, 7) is 1.08. The third-order valence-electron chi connectivity index (χ3n) is 4.20. The normalized spacial score (nSPS) is 25.8. The number of esters is 1.